The Morgan fingerprint density at radius 3 is 2.67 bits per heavy atom. The largest absolute Gasteiger partial charge is 0.492 e. The van der Waals surface area contributed by atoms with Gasteiger partial charge in [0, 0.05) is 18.7 Å². The van der Waals surface area contributed by atoms with Gasteiger partial charge in [0.2, 0.25) is 0 Å². The Morgan fingerprint density at radius 1 is 1.39 bits per heavy atom. The maximum absolute atomic E-state index is 12.3. The van der Waals surface area contributed by atoms with Crippen molar-refractivity contribution >= 4 is 17.5 Å². The van der Waals surface area contributed by atoms with Gasteiger partial charge in [0.25, 0.3) is 5.91 Å². The Labute approximate surface area is 113 Å². The zero-order valence-corrected chi connectivity index (χ0v) is 11.6. The minimum absolute atomic E-state index is 0.0787. The summed E-state index contributed by atoms with van der Waals surface area (Å²) in [5.41, 5.74) is 1.60. The molecule has 0 saturated carbocycles. The van der Waals surface area contributed by atoms with E-state index in [4.69, 9.17) is 16.3 Å². The maximum atomic E-state index is 12.3. The number of nitrogens with zero attached hydrogens (tertiary/aromatic N) is 1. The average Bonchev–Trinajstić information content (AvgIpc) is 2.86. The molecule has 0 atom stereocenters. The average molecular weight is 268 g/mol. The van der Waals surface area contributed by atoms with Crippen molar-refractivity contribution in [2.75, 3.05) is 19.7 Å². The van der Waals surface area contributed by atoms with Crippen LogP contribution in [0.2, 0.25) is 5.02 Å². The topological polar surface area (TPSA) is 29.5 Å². The van der Waals surface area contributed by atoms with Gasteiger partial charge in [0.1, 0.15) is 5.75 Å². The fraction of sp³-hybridized carbons (Fsp3) is 0.500. The fourth-order valence-corrected chi connectivity index (χ4v) is 2.46. The molecule has 1 saturated heterocycles. The van der Waals surface area contributed by atoms with Crippen molar-refractivity contribution < 1.29 is 9.53 Å². The Balaban J connectivity index is 2.27. The second-order valence-corrected chi connectivity index (χ2v) is 4.94. The van der Waals surface area contributed by atoms with Gasteiger partial charge in [0.15, 0.2) is 0 Å². The summed E-state index contributed by atoms with van der Waals surface area (Å²) < 4.78 is 5.42. The molecule has 2 rings (SSSR count). The highest BCUT2D eigenvalue weighted by atomic mass is 35.5. The number of amides is 1. The van der Waals surface area contributed by atoms with Gasteiger partial charge in [0.05, 0.1) is 11.6 Å². The normalized spacial score (nSPS) is 14.9. The van der Waals surface area contributed by atoms with E-state index in [0.717, 1.165) is 31.5 Å². The minimum atomic E-state index is 0.0787. The predicted molar refractivity (Wildman–Crippen MR) is 72.5 cm³/mol. The number of likely N-dealkylation sites (tertiary alicyclic amines) is 1. The van der Waals surface area contributed by atoms with E-state index in [1.54, 1.807) is 6.07 Å². The number of hydrogen-bond acceptors (Lipinski definition) is 2. The molecule has 1 aliphatic rings. The van der Waals surface area contributed by atoms with Crippen LogP contribution in [0.15, 0.2) is 12.1 Å². The van der Waals surface area contributed by atoms with E-state index in [2.05, 4.69) is 0 Å². The highest BCUT2D eigenvalue weighted by Crippen LogP contribution is 2.29. The Kier molecular flexibility index (Phi) is 4.12. The molecule has 98 valence electrons. The summed E-state index contributed by atoms with van der Waals surface area (Å²) in [6, 6.07) is 3.57. The SMILES string of the molecule is CCOc1cc(C)c(C(=O)N2CCCC2)cc1Cl. The van der Waals surface area contributed by atoms with Crippen molar-refractivity contribution in [1.29, 1.82) is 0 Å². The van der Waals surface area contributed by atoms with Crippen LogP contribution in [-0.2, 0) is 0 Å². The van der Waals surface area contributed by atoms with Crippen LogP contribution in [-0.4, -0.2) is 30.5 Å². The number of ether oxygens (including phenoxy) is 1. The lowest BCUT2D eigenvalue weighted by Gasteiger charge is -2.18. The molecule has 0 unspecified atom stereocenters. The van der Waals surface area contributed by atoms with Crippen molar-refractivity contribution in [3.05, 3.63) is 28.3 Å². The van der Waals surface area contributed by atoms with Crippen molar-refractivity contribution in [3.8, 4) is 5.75 Å². The number of carbonyl (C=O) groups excluding carboxylic acids is 1. The smallest absolute Gasteiger partial charge is 0.254 e. The van der Waals surface area contributed by atoms with Crippen LogP contribution in [0.4, 0.5) is 0 Å². The minimum Gasteiger partial charge on any atom is -0.492 e. The van der Waals surface area contributed by atoms with Crippen molar-refractivity contribution in [1.82, 2.24) is 4.90 Å². The lowest BCUT2D eigenvalue weighted by Crippen LogP contribution is -2.28. The Bertz CT molecular complexity index is 453. The van der Waals surface area contributed by atoms with Gasteiger partial charge in [-0.25, -0.2) is 0 Å². The zero-order valence-electron chi connectivity index (χ0n) is 10.8. The van der Waals surface area contributed by atoms with Gasteiger partial charge in [-0.15, -0.1) is 0 Å². The standard InChI is InChI=1S/C14H18ClNO2/c1-3-18-13-8-10(2)11(9-12(13)15)14(17)16-6-4-5-7-16/h8-9H,3-7H2,1-2H3. The second-order valence-electron chi connectivity index (χ2n) is 4.53. The van der Waals surface area contributed by atoms with E-state index < -0.39 is 0 Å². The summed E-state index contributed by atoms with van der Waals surface area (Å²) in [4.78, 5) is 14.2. The van der Waals surface area contributed by atoms with Crippen LogP contribution in [0.5, 0.6) is 5.75 Å². The summed E-state index contributed by atoms with van der Waals surface area (Å²) in [5, 5.41) is 0.505. The van der Waals surface area contributed by atoms with Crippen LogP contribution in [0.3, 0.4) is 0 Å². The number of benzene rings is 1. The first kappa shape index (κ1) is 13.2. The van der Waals surface area contributed by atoms with Gasteiger partial charge in [-0.2, -0.15) is 0 Å². The molecule has 1 fully saturated rings. The quantitative estimate of drug-likeness (QED) is 0.841. The summed E-state index contributed by atoms with van der Waals surface area (Å²) in [6.45, 7) is 6.10. The lowest BCUT2D eigenvalue weighted by molar-refractivity contribution is 0.0792. The Morgan fingerprint density at radius 2 is 2.06 bits per heavy atom. The summed E-state index contributed by atoms with van der Waals surface area (Å²) in [6.07, 6.45) is 2.19. The molecule has 0 radical (unpaired) electrons. The van der Waals surface area contributed by atoms with E-state index in [1.165, 1.54) is 0 Å². The summed E-state index contributed by atoms with van der Waals surface area (Å²) in [7, 11) is 0. The fourth-order valence-electron chi connectivity index (χ4n) is 2.24. The van der Waals surface area contributed by atoms with Crippen molar-refractivity contribution in [2.24, 2.45) is 0 Å². The van der Waals surface area contributed by atoms with E-state index >= 15 is 0 Å². The maximum Gasteiger partial charge on any atom is 0.254 e. The van der Waals surface area contributed by atoms with Crippen LogP contribution in [0.25, 0.3) is 0 Å². The third-order valence-corrected chi connectivity index (χ3v) is 3.50. The van der Waals surface area contributed by atoms with Crippen LogP contribution in [0, 0.1) is 6.92 Å². The third kappa shape index (κ3) is 2.61. The van der Waals surface area contributed by atoms with Crippen molar-refractivity contribution in [2.45, 2.75) is 26.7 Å². The first-order chi connectivity index (χ1) is 8.63. The molecule has 1 aromatic carbocycles. The molecule has 0 N–H and O–H groups in total. The summed E-state index contributed by atoms with van der Waals surface area (Å²) >= 11 is 6.14. The van der Waals surface area contributed by atoms with Gasteiger partial charge in [-0.05, 0) is 44.4 Å². The van der Waals surface area contributed by atoms with Crippen molar-refractivity contribution in [3.63, 3.8) is 0 Å². The monoisotopic (exact) mass is 267 g/mol. The van der Waals surface area contributed by atoms with Gasteiger partial charge in [-0.1, -0.05) is 11.6 Å². The van der Waals surface area contributed by atoms with Gasteiger partial charge < -0.3 is 9.64 Å². The predicted octanol–water partition coefficient (Wildman–Crippen LogP) is 3.28. The molecule has 0 bridgehead atoms. The van der Waals surface area contributed by atoms with Gasteiger partial charge >= 0.3 is 0 Å². The molecule has 0 aromatic heterocycles. The number of aryl methyl sites for hydroxylation is 1. The van der Waals surface area contributed by atoms with E-state index in [-0.39, 0.29) is 5.91 Å². The van der Waals surface area contributed by atoms with Crippen LogP contribution < -0.4 is 4.74 Å². The molecule has 18 heavy (non-hydrogen) atoms. The first-order valence-corrected chi connectivity index (χ1v) is 6.73. The molecule has 1 aromatic rings. The molecular weight excluding hydrogens is 250 g/mol. The molecule has 1 amide bonds. The number of rotatable bonds is 3. The molecule has 4 heteroatoms. The Hall–Kier alpha value is -1.22. The molecule has 3 nitrogen and oxygen atoms in total. The molecular formula is C14H18ClNO2. The van der Waals surface area contributed by atoms with Gasteiger partial charge in [-0.3, -0.25) is 4.79 Å². The first-order valence-electron chi connectivity index (χ1n) is 6.35. The number of halogens is 1. The highest BCUT2D eigenvalue weighted by molar-refractivity contribution is 6.32. The molecule has 1 heterocycles. The van der Waals surface area contributed by atoms with E-state index in [9.17, 15) is 4.79 Å². The molecule has 1 aliphatic heterocycles. The lowest BCUT2D eigenvalue weighted by atomic mass is 10.1. The highest BCUT2D eigenvalue weighted by Gasteiger charge is 2.22. The van der Waals surface area contributed by atoms with Crippen LogP contribution >= 0.6 is 11.6 Å². The third-order valence-electron chi connectivity index (χ3n) is 3.20. The summed E-state index contributed by atoms with van der Waals surface area (Å²) in [5.74, 6) is 0.726. The molecule has 0 aliphatic carbocycles. The number of carbonyl (C=O) groups is 1. The van der Waals surface area contributed by atoms with Crippen LogP contribution in [0.1, 0.15) is 35.7 Å². The molecule has 0 spiro atoms. The van der Waals surface area contributed by atoms with E-state index in [1.807, 2.05) is 24.8 Å². The second kappa shape index (κ2) is 5.61. The number of hydrogen-bond donors (Lipinski definition) is 0. The zero-order chi connectivity index (χ0) is 13.1. The van der Waals surface area contributed by atoms with E-state index in [0.29, 0.717) is 22.9 Å².